The molecular weight excluding hydrogens is 336 g/mol. The highest BCUT2D eigenvalue weighted by Crippen LogP contribution is 2.54. The molecule has 6 unspecified atom stereocenters. The summed E-state index contributed by atoms with van der Waals surface area (Å²) in [5, 5.41) is 0.861. The van der Waals surface area contributed by atoms with Crippen molar-refractivity contribution in [2.45, 2.75) is 84.0 Å². The van der Waals surface area contributed by atoms with E-state index in [0.29, 0.717) is 0 Å². The molecule has 3 saturated carbocycles. The van der Waals surface area contributed by atoms with Gasteiger partial charge in [0.15, 0.2) is 0 Å². The van der Waals surface area contributed by atoms with E-state index in [2.05, 4.69) is 19.1 Å². The fraction of sp³-hybridized carbons (Fsp3) is 0.760. The van der Waals surface area contributed by atoms with Gasteiger partial charge in [-0.1, -0.05) is 56.3 Å². The van der Waals surface area contributed by atoms with Gasteiger partial charge in [-0.05, 0) is 105 Å². The van der Waals surface area contributed by atoms with Crippen LogP contribution in [0.5, 0.6) is 0 Å². The maximum Gasteiger partial charge on any atom is 0.0406 e. The molecule has 0 radical (unpaired) electrons. The predicted molar refractivity (Wildman–Crippen MR) is 113 cm³/mol. The average molecular weight is 373 g/mol. The van der Waals surface area contributed by atoms with Gasteiger partial charge in [-0.15, -0.1) is 0 Å². The molecule has 0 bridgehead atoms. The van der Waals surface area contributed by atoms with Crippen LogP contribution in [0.3, 0.4) is 0 Å². The molecule has 0 nitrogen and oxygen atoms in total. The lowest BCUT2D eigenvalue weighted by atomic mass is 9.55. The van der Waals surface area contributed by atoms with E-state index in [-0.39, 0.29) is 0 Å². The molecular formula is C25H37Cl. The number of hydrogen-bond donors (Lipinski definition) is 0. The van der Waals surface area contributed by atoms with E-state index in [1.54, 1.807) is 25.7 Å². The number of benzene rings is 1. The molecule has 3 aliphatic carbocycles. The number of rotatable bonds is 5. The monoisotopic (exact) mass is 372 g/mol. The standard InChI is InChI=1S/C25H37Cl/c1-2-3-19-8-14-24-21(16-19)10-11-22-17-20(9-15-25(22)24)5-4-18-6-12-23(26)13-7-18/h6-7,12-13,19-22,24-25H,2-5,8-11,14-17H2,1H3. The second-order valence-corrected chi connectivity index (χ2v) is 10.2. The highest BCUT2D eigenvalue weighted by atomic mass is 35.5. The van der Waals surface area contributed by atoms with E-state index in [0.717, 1.165) is 40.5 Å². The van der Waals surface area contributed by atoms with Crippen LogP contribution >= 0.6 is 11.6 Å². The molecule has 0 aliphatic heterocycles. The highest BCUT2D eigenvalue weighted by Gasteiger charge is 2.44. The van der Waals surface area contributed by atoms with Crippen molar-refractivity contribution in [2.24, 2.45) is 35.5 Å². The van der Waals surface area contributed by atoms with Crippen LogP contribution in [-0.4, -0.2) is 0 Å². The van der Waals surface area contributed by atoms with Gasteiger partial charge in [0, 0.05) is 5.02 Å². The molecule has 1 heteroatoms. The first kappa shape index (κ1) is 18.9. The molecule has 0 heterocycles. The Labute approximate surface area is 166 Å². The van der Waals surface area contributed by atoms with Gasteiger partial charge >= 0.3 is 0 Å². The van der Waals surface area contributed by atoms with Gasteiger partial charge in [0.05, 0.1) is 0 Å². The summed E-state index contributed by atoms with van der Waals surface area (Å²) in [6, 6.07) is 8.52. The summed E-state index contributed by atoms with van der Waals surface area (Å²) in [7, 11) is 0. The lowest BCUT2D eigenvalue weighted by molar-refractivity contribution is -0.00405. The summed E-state index contributed by atoms with van der Waals surface area (Å²) in [6.45, 7) is 2.37. The van der Waals surface area contributed by atoms with Crippen LogP contribution < -0.4 is 0 Å². The van der Waals surface area contributed by atoms with E-state index in [9.17, 15) is 0 Å². The third-order valence-electron chi connectivity index (χ3n) is 8.21. The Morgan fingerprint density at radius 3 is 1.92 bits per heavy atom. The van der Waals surface area contributed by atoms with Crippen molar-refractivity contribution in [3.8, 4) is 0 Å². The van der Waals surface area contributed by atoms with Gasteiger partial charge in [-0.3, -0.25) is 0 Å². The molecule has 1 aromatic rings. The maximum absolute atomic E-state index is 6.02. The molecule has 4 rings (SSSR count). The van der Waals surface area contributed by atoms with Crippen LogP contribution in [0.1, 0.15) is 83.1 Å². The van der Waals surface area contributed by atoms with Crippen LogP contribution in [0.2, 0.25) is 5.02 Å². The number of hydrogen-bond acceptors (Lipinski definition) is 0. The van der Waals surface area contributed by atoms with Crippen molar-refractivity contribution in [1.29, 1.82) is 0 Å². The third kappa shape index (κ3) is 4.32. The molecule has 26 heavy (non-hydrogen) atoms. The van der Waals surface area contributed by atoms with E-state index >= 15 is 0 Å². The van der Waals surface area contributed by atoms with Gasteiger partial charge < -0.3 is 0 Å². The summed E-state index contributed by atoms with van der Waals surface area (Å²) in [5.74, 6) is 6.37. The molecule has 0 N–H and O–H groups in total. The van der Waals surface area contributed by atoms with Crippen LogP contribution in [0.25, 0.3) is 0 Å². The van der Waals surface area contributed by atoms with Gasteiger partial charge in [-0.25, -0.2) is 0 Å². The largest absolute Gasteiger partial charge is 0.0843 e. The maximum atomic E-state index is 6.02. The van der Waals surface area contributed by atoms with E-state index in [4.69, 9.17) is 11.6 Å². The van der Waals surface area contributed by atoms with Crippen molar-refractivity contribution < 1.29 is 0 Å². The third-order valence-corrected chi connectivity index (χ3v) is 8.46. The summed E-state index contributed by atoms with van der Waals surface area (Å²) < 4.78 is 0. The SMILES string of the molecule is CCCC1CCC2C(CCC3CC(CCc4ccc(Cl)cc4)CCC32)C1. The molecule has 3 fully saturated rings. The topological polar surface area (TPSA) is 0 Å². The molecule has 1 aromatic carbocycles. The van der Waals surface area contributed by atoms with E-state index in [1.165, 1.54) is 56.9 Å². The smallest absolute Gasteiger partial charge is 0.0406 e. The molecule has 6 atom stereocenters. The zero-order valence-electron chi connectivity index (χ0n) is 16.6. The zero-order valence-corrected chi connectivity index (χ0v) is 17.4. The summed E-state index contributed by atoms with van der Waals surface area (Å²) in [4.78, 5) is 0. The first-order valence-electron chi connectivity index (χ1n) is 11.5. The number of halogens is 1. The minimum Gasteiger partial charge on any atom is -0.0843 e. The molecule has 144 valence electrons. The number of fused-ring (bicyclic) bond motifs is 3. The molecule has 0 aromatic heterocycles. The Balaban J connectivity index is 1.28. The molecule has 0 saturated heterocycles. The molecule has 0 amide bonds. The van der Waals surface area contributed by atoms with E-state index in [1.807, 2.05) is 12.1 Å². The van der Waals surface area contributed by atoms with Crippen LogP contribution in [0.15, 0.2) is 24.3 Å². The minimum atomic E-state index is 0.861. The fourth-order valence-corrected chi connectivity index (χ4v) is 7.07. The highest BCUT2D eigenvalue weighted by molar-refractivity contribution is 6.30. The normalized spacial score (nSPS) is 37.0. The Bertz CT molecular complexity index is 562. The predicted octanol–water partition coefficient (Wildman–Crippen LogP) is 7.93. The Hall–Kier alpha value is -0.490. The number of aryl methyl sites for hydroxylation is 1. The Morgan fingerprint density at radius 1 is 0.769 bits per heavy atom. The molecule has 3 aliphatic rings. The van der Waals surface area contributed by atoms with Crippen LogP contribution in [-0.2, 0) is 6.42 Å². The van der Waals surface area contributed by atoms with Crippen molar-refractivity contribution in [3.63, 3.8) is 0 Å². The first-order valence-corrected chi connectivity index (χ1v) is 11.8. The van der Waals surface area contributed by atoms with Crippen molar-refractivity contribution in [1.82, 2.24) is 0 Å². The van der Waals surface area contributed by atoms with Crippen molar-refractivity contribution in [3.05, 3.63) is 34.9 Å². The van der Waals surface area contributed by atoms with Gasteiger partial charge in [-0.2, -0.15) is 0 Å². The van der Waals surface area contributed by atoms with Gasteiger partial charge in [0.25, 0.3) is 0 Å². The molecule has 0 spiro atoms. The lowest BCUT2D eigenvalue weighted by Crippen LogP contribution is -2.41. The second kappa shape index (κ2) is 8.68. The summed E-state index contributed by atoms with van der Waals surface area (Å²) in [6.07, 6.45) is 17.8. The Kier molecular flexibility index (Phi) is 6.29. The average Bonchev–Trinajstić information content (AvgIpc) is 2.67. The van der Waals surface area contributed by atoms with Crippen molar-refractivity contribution in [2.75, 3.05) is 0 Å². The van der Waals surface area contributed by atoms with Crippen LogP contribution in [0.4, 0.5) is 0 Å². The quantitative estimate of drug-likeness (QED) is 0.492. The van der Waals surface area contributed by atoms with E-state index < -0.39 is 0 Å². The zero-order chi connectivity index (χ0) is 17.9. The summed E-state index contributed by atoms with van der Waals surface area (Å²) in [5.41, 5.74) is 1.47. The lowest BCUT2D eigenvalue weighted by Gasteiger charge is -2.51. The first-order chi connectivity index (χ1) is 12.7. The fourth-order valence-electron chi connectivity index (χ4n) is 6.94. The van der Waals surface area contributed by atoms with Crippen molar-refractivity contribution >= 4 is 11.6 Å². The van der Waals surface area contributed by atoms with Gasteiger partial charge in [0.2, 0.25) is 0 Å². The van der Waals surface area contributed by atoms with Crippen LogP contribution in [0, 0.1) is 35.5 Å². The van der Waals surface area contributed by atoms with Gasteiger partial charge in [0.1, 0.15) is 0 Å². The minimum absolute atomic E-state index is 0.861. The second-order valence-electron chi connectivity index (χ2n) is 9.74. The summed E-state index contributed by atoms with van der Waals surface area (Å²) >= 11 is 6.02. The Morgan fingerprint density at radius 2 is 1.35 bits per heavy atom.